The monoisotopic (exact) mass is 434 g/mol. The fraction of sp³-hybridized carbons (Fsp3) is 0.364. The first-order valence-electron chi connectivity index (χ1n) is 9.36. The topological polar surface area (TPSA) is 121 Å². The minimum atomic E-state index is -1.07. The number of hydrogen-bond acceptors (Lipinski definition) is 8. The molecule has 0 unspecified atom stereocenters. The van der Waals surface area contributed by atoms with E-state index >= 15 is 0 Å². The van der Waals surface area contributed by atoms with Crippen molar-refractivity contribution in [1.29, 1.82) is 0 Å². The second-order valence-electron chi connectivity index (χ2n) is 6.47. The van der Waals surface area contributed by atoms with E-state index in [0.717, 1.165) is 0 Å². The predicted molar refractivity (Wildman–Crippen MR) is 111 cm³/mol. The summed E-state index contributed by atoms with van der Waals surface area (Å²) in [7, 11) is 5.96. The van der Waals surface area contributed by atoms with E-state index in [0.29, 0.717) is 45.3 Å². The van der Waals surface area contributed by atoms with Crippen LogP contribution in [0.5, 0.6) is 23.0 Å². The maximum Gasteiger partial charge on any atom is 0.306 e. The molecule has 0 spiro atoms. The molecule has 0 aliphatic carbocycles. The molecule has 31 heavy (non-hydrogen) atoms. The van der Waals surface area contributed by atoms with Crippen LogP contribution in [0.2, 0.25) is 0 Å². The Bertz CT molecular complexity index is 937. The van der Waals surface area contributed by atoms with Gasteiger partial charge in [0.1, 0.15) is 6.61 Å². The van der Waals surface area contributed by atoms with E-state index in [4.69, 9.17) is 28.8 Å². The number of aliphatic hydroxyl groups is 1. The highest BCUT2D eigenvalue weighted by Gasteiger charge is 2.21. The number of esters is 1. The lowest BCUT2D eigenvalue weighted by molar-refractivity contribution is -0.148. The van der Waals surface area contributed by atoms with E-state index < -0.39 is 11.9 Å². The number of hydrogen-bond donors (Lipinski definition) is 2. The molecule has 0 aliphatic rings. The number of benzene rings is 2. The number of rotatable bonds is 11. The predicted octanol–water partition coefficient (Wildman–Crippen LogP) is 2.79. The third-order valence-electron chi connectivity index (χ3n) is 4.49. The Kier molecular flexibility index (Phi) is 8.51. The number of carboxylic acid groups (broad SMARTS) is 1. The van der Waals surface area contributed by atoms with Crippen LogP contribution in [0.15, 0.2) is 24.3 Å². The minimum Gasteiger partial charge on any atom is -0.493 e. The van der Waals surface area contributed by atoms with Gasteiger partial charge in [-0.1, -0.05) is 0 Å². The van der Waals surface area contributed by atoms with Gasteiger partial charge < -0.3 is 33.9 Å². The summed E-state index contributed by atoms with van der Waals surface area (Å²) in [6.45, 7) is -0.307. The van der Waals surface area contributed by atoms with Gasteiger partial charge in [0.15, 0.2) is 23.0 Å². The highest BCUT2D eigenvalue weighted by Crippen LogP contribution is 2.46. The Morgan fingerprint density at radius 3 is 1.74 bits per heavy atom. The van der Waals surface area contributed by atoms with Crippen LogP contribution in [0, 0.1) is 0 Å². The first-order chi connectivity index (χ1) is 14.9. The zero-order valence-corrected chi connectivity index (χ0v) is 17.9. The minimum absolute atomic E-state index is 0.0923. The van der Waals surface area contributed by atoms with Crippen molar-refractivity contribution in [3.8, 4) is 34.1 Å². The molecule has 168 valence electrons. The molecular formula is C22H26O9. The van der Waals surface area contributed by atoms with Crippen LogP contribution in [0.4, 0.5) is 0 Å². The summed E-state index contributed by atoms with van der Waals surface area (Å²) in [4.78, 5) is 22.4. The molecule has 0 atom stereocenters. The first kappa shape index (κ1) is 23.8. The fourth-order valence-corrected chi connectivity index (χ4v) is 3.06. The van der Waals surface area contributed by atoms with Gasteiger partial charge in [0.2, 0.25) is 0 Å². The fourth-order valence-electron chi connectivity index (χ4n) is 3.06. The van der Waals surface area contributed by atoms with Crippen LogP contribution >= 0.6 is 0 Å². The molecule has 2 aromatic carbocycles. The Morgan fingerprint density at radius 2 is 1.29 bits per heavy atom. The molecule has 9 nitrogen and oxygen atoms in total. The summed E-state index contributed by atoms with van der Waals surface area (Å²) in [5.74, 6) is -0.0347. The van der Waals surface area contributed by atoms with Gasteiger partial charge in [0, 0.05) is 11.1 Å². The van der Waals surface area contributed by atoms with Gasteiger partial charge in [-0.05, 0) is 35.4 Å². The molecule has 0 heterocycles. The second kappa shape index (κ2) is 11.1. The number of carbonyl (C=O) groups excluding carboxylic acids is 1. The number of aliphatic hydroxyl groups excluding tert-OH is 1. The Balaban J connectivity index is 2.53. The van der Waals surface area contributed by atoms with E-state index in [2.05, 4.69) is 0 Å². The first-order valence-corrected chi connectivity index (χ1v) is 9.36. The van der Waals surface area contributed by atoms with Gasteiger partial charge in [-0.2, -0.15) is 0 Å². The summed E-state index contributed by atoms with van der Waals surface area (Å²) in [5, 5.41) is 18.4. The van der Waals surface area contributed by atoms with Gasteiger partial charge in [0.05, 0.1) is 47.9 Å². The number of carboxylic acids is 1. The zero-order valence-electron chi connectivity index (χ0n) is 17.9. The molecule has 0 saturated heterocycles. The Hall–Kier alpha value is -3.46. The molecule has 0 bridgehead atoms. The standard InChI is InChI=1S/C22H26O9/c1-27-17-9-13(11-23)7-15(21(17)29-3)16-8-14(10-18(28-2)22(16)30-4)12-31-20(26)6-5-19(24)25/h7-10,23H,5-6,11-12H2,1-4H3,(H,24,25). The van der Waals surface area contributed by atoms with Crippen molar-refractivity contribution >= 4 is 11.9 Å². The van der Waals surface area contributed by atoms with E-state index in [1.54, 1.807) is 24.3 Å². The van der Waals surface area contributed by atoms with Gasteiger partial charge in [-0.15, -0.1) is 0 Å². The van der Waals surface area contributed by atoms with Crippen molar-refractivity contribution in [2.75, 3.05) is 28.4 Å². The molecule has 2 rings (SSSR count). The third-order valence-corrected chi connectivity index (χ3v) is 4.49. The average Bonchev–Trinajstić information content (AvgIpc) is 2.79. The SMILES string of the molecule is COc1cc(CO)cc(-c2cc(COC(=O)CCC(=O)O)cc(OC)c2OC)c1OC. The van der Waals surface area contributed by atoms with E-state index in [9.17, 15) is 14.7 Å². The molecule has 0 aliphatic heterocycles. The molecule has 9 heteroatoms. The molecule has 0 radical (unpaired) electrons. The second-order valence-corrected chi connectivity index (χ2v) is 6.47. The van der Waals surface area contributed by atoms with E-state index in [1.165, 1.54) is 28.4 Å². The Labute approximate surface area is 180 Å². The van der Waals surface area contributed by atoms with Gasteiger partial charge in [-0.3, -0.25) is 9.59 Å². The number of ether oxygens (including phenoxy) is 5. The lowest BCUT2D eigenvalue weighted by Crippen LogP contribution is -2.08. The summed E-state index contributed by atoms with van der Waals surface area (Å²) in [6, 6.07) is 6.80. The smallest absolute Gasteiger partial charge is 0.306 e. The van der Waals surface area contributed by atoms with Crippen molar-refractivity contribution in [3.05, 3.63) is 35.4 Å². The van der Waals surface area contributed by atoms with Crippen LogP contribution < -0.4 is 18.9 Å². The molecule has 2 aromatic rings. The van der Waals surface area contributed by atoms with Gasteiger partial charge >= 0.3 is 11.9 Å². The van der Waals surface area contributed by atoms with Crippen LogP contribution in [0.3, 0.4) is 0 Å². The lowest BCUT2D eigenvalue weighted by Gasteiger charge is -2.19. The number of aliphatic carboxylic acids is 1. The third kappa shape index (κ3) is 5.79. The van der Waals surface area contributed by atoms with E-state index in [-0.39, 0.29) is 26.1 Å². The number of carbonyl (C=O) groups is 2. The average molecular weight is 434 g/mol. The molecular weight excluding hydrogens is 408 g/mol. The zero-order chi connectivity index (χ0) is 23.0. The summed E-state index contributed by atoms with van der Waals surface area (Å²) >= 11 is 0. The van der Waals surface area contributed by atoms with Crippen LogP contribution in [-0.4, -0.2) is 50.6 Å². The molecule has 0 saturated carbocycles. The van der Waals surface area contributed by atoms with Crippen molar-refractivity contribution in [2.24, 2.45) is 0 Å². The van der Waals surface area contributed by atoms with Crippen LogP contribution in [0.1, 0.15) is 24.0 Å². The van der Waals surface area contributed by atoms with Crippen LogP contribution in [-0.2, 0) is 27.5 Å². The van der Waals surface area contributed by atoms with Gasteiger partial charge in [0.25, 0.3) is 0 Å². The van der Waals surface area contributed by atoms with Crippen molar-refractivity contribution in [3.63, 3.8) is 0 Å². The number of methoxy groups -OCH3 is 4. The highest BCUT2D eigenvalue weighted by atomic mass is 16.5. The highest BCUT2D eigenvalue weighted by molar-refractivity contribution is 5.82. The summed E-state index contributed by atoms with van der Waals surface area (Å²) in [6.07, 6.45) is -0.528. The summed E-state index contributed by atoms with van der Waals surface area (Å²) in [5.41, 5.74) is 2.34. The largest absolute Gasteiger partial charge is 0.493 e. The molecule has 2 N–H and O–H groups in total. The van der Waals surface area contributed by atoms with Crippen LogP contribution in [0.25, 0.3) is 11.1 Å². The summed E-state index contributed by atoms with van der Waals surface area (Å²) < 4.78 is 27.1. The molecule has 0 amide bonds. The molecule has 0 aromatic heterocycles. The Morgan fingerprint density at radius 1 is 0.774 bits per heavy atom. The lowest BCUT2D eigenvalue weighted by atomic mass is 9.97. The van der Waals surface area contributed by atoms with Gasteiger partial charge in [-0.25, -0.2) is 0 Å². The van der Waals surface area contributed by atoms with Crippen molar-refractivity contribution in [2.45, 2.75) is 26.1 Å². The van der Waals surface area contributed by atoms with E-state index in [1.807, 2.05) is 0 Å². The normalized spacial score (nSPS) is 10.4. The quantitative estimate of drug-likeness (QED) is 0.514. The maximum absolute atomic E-state index is 11.8. The van der Waals surface area contributed by atoms with Crippen molar-refractivity contribution in [1.82, 2.24) is 0 Å². The van der Waals surface area contributed by atoms with Crippen molar-refractivity contribution < 1.29 is 43.5 Å². The molecule has 0 fully saturated rings. The maximum atomic E-state index is 11.8.